The standard InChI is InChI=1S/C15H17N3O2S/c1-10-4-6-13(7-5-10)14-16-17-15(20-14)18-8-11(2)12(3)9-21(18)19/h4-7H,8-9H2,1-3H3. The maximum absolute atomic E-state index is 12.2. The third-order valence-corrected chi connectivity index (χ3v) is 5.08. The number of hydrogen-bond acceptors (Lipinski definition) is 4. The van der Waals surface area contributed by atoms with Gasteiger partial charge in [0.25, 0.3) is 0 Å². The van der Waals surface area contributed by atoms with Crippen molar-refractivity contribution in [2.24, 2.45) is 0 Å². The molecule has 0 saturated carbocycles. The van der Waals surface area contributed by atoms with Crippen molar-refractivity contribution in [2.75, 3.05) is 16.6 Å². The first-order valence-corrected chi connectivity index (χ1v) is 8.04. The maximum atomic E-state index is 12.2. The second-order valence-corrected chi connectivity index (χ2v) is 6.69. The third-order valence-electron chi connectivity index (χ3n) is 3.62. The summed E-state index contributed by atoms with van der Waals surface area (Å²) in [6, 6.07) is 8.18. The molecule has 5 nitrogen and oxygen atoms in total. The van der Waals surface area contributed by atoms with Crippen molar-refractivity contribution in [3.63, 3.8) is 0 Å². The third kappa shape index (κ3) is 2.76. The summed E-state index contributed by atoms with van der Waals surface area (Å²) in [5.74, 6) is 0.972. The number of aryl methyl sites for hydroxylation is 1. The van der Waals surface area contributed by atoms with E-state index in [1.165, 1.54) is 16.7 Å². The molecule has 0 bridgehead atoms. The van der Waals surface area contributed by atoms with Crippen molar-refractivity contribution < 1.29 is 8.63 Å². The van der Waals surface area contributed by atoms with Crippen LogP contribution in [0, 0.1) is 6.92 Å². The van der Waals surface area contributed by atoms with Gasteiger partial charge in [0.2, 0.25) is 5.89 Å². The Morgan fingerprint density at radius 3 is 2.52 bits per heavy atom. The summed E-state index contributed by atoms with van der Waals surface area (Å²) in [5.41, 5.74) is 4.41. The average Bonchev–Trinajstić information content (AvgIpc) is 2.93. The minimum Gasteiger partial charge on any atom is -0.403 e. The second kappa shape index (κ2) is 5.44. The van der Waals surface area contributed by atoms with Gasteiger partial charge < -0.3 is 4.42 Å². The molecule has 3 rings (SSSR count). The van der Waals surface area contributed by atoms with Crippen LogP contribution in [-0.4, -0.2) is 26.7 Å². The summed E-state index contributed by atoms with van der Waals surface area (Å²) >= 11 is 0. The summed E-state index contributed by atoms with van der Waals surface area (Å²) in [4.78, 5) is 0. The van der Waals surface area contributed by atoms with E-state index in [9.17, 15) is 4.21 Å². The summed E-state index contributed by atoms with van der Waals surface area (Å²) in [5, 5.41) is 8.10. The lowest BCUT2D eigenvalue weighted by Gasteiger charge is -2.25. The number of anilines is 1. The molecule has 110 valence electrons. The molecular formula is C15H17N3O2S. The highest BCUT2D eigenvalue weighted by atomic mass is 32.2. The van der Waals surface area contributed by atoms with Crippen molar-refractivity contribution in [1.29, 1.82) is 0 Å². The van der Waals surface area contributed by atoms with Crippen LogP contribution in [0.1, 0.15) is 19.4 Å². The molecule has 1 aliphatic rings. The zero-order chi connectivity index (χ0) is 15.0. The maximum Gasteiger partial charge on any atom is 0.330 e. The number of nitrogens with zero attached hydrogens (tertiary/aromatic N) is 3. The van der Waals surface area contributed by atoms with Crippen LogP contribution < -0.4 is 4.31 Å². The van der Waals surface area contributed by atoms with Crippen molar-refractivity contribution >= 4 is 17.0 Å². The Balaban J connectivity index is 1.88. The highest BCUT2D eigenvalue weighted by Crippen LogP contribution is 2.26. The molecule has 2 aromatic rings. The molecule has 1 aromatic heterocycles. The summed E-state index contributed by atoms with van der Waals surface area (Å²) < 4.78 is 19.6. The number of aromatic nitrogens is 2. The van der Waals surface area contributed by atoms with E-state index >= 15 is 0 Å². The minimum absolute atomic E-state index is 0.316. The lowest BCUT2D eigenvalue weighted by molar-refractivity contribution is 0.569. The van der Waals surface area contributed by atoms with E-state index < -0.39 is 11.0 Å². The van der Waals surface area contributed by atoms with Gasteiger partial charge in [0.15, 0.2) is 0 Å². The van der Waals surface area contributed by atoms with Crippen LogP contribution in [-0.2, 0) is 11.0 Å². The zero-order valence-electron chi connectivity index (χ0n) is 12.3. The van der Waals surface area contributed by atoms with Crippen molar-refractivity contribution in [3.05, 3.63) is 41.0 Å². The average molecular weight is 303 g/mol. The molecule has 0 aliphatic carbocycles. The molecular weight excluding hydrogens is 286 g/mol. The van der Waals surface area contributed by atoms with Crippen LogP contribution >= 0.6 is 0 Å². The Labute approximate surface area is 126 Å². The van der Waals surface area contributed by atoms with Gasteiger partial charge in [-0.15, -0.1) is 5.10 Å². The molecule has 2 heterocycles. The smallest absolute Gasteiger partial charge is 0.330 e. The molecule has 0 N–H and O–H groups in total. The number of benzene rings is 1. The van der Waals surface area contributed by atoms with E-state index in [1.807, 2.05) is 45.0 Å². The van der Waals surface area contributed by atoms with Gasteiger partial charge in [-0.05, 0) is 32.9 Å². The van der Waals surface area contributed by atoms with Crippen molar-refractivity contribution in [2.45, 2.75) is 20.8 Å². The Kier molecular flexibility index (Phi) is 3.63. The Morgan fingerprint density at radius 2 is 1.81 bits per heavy atom. The predicted octanol–water partition coefficient (Wildman–Crippen LogP) is 2.87. The lowest BCUT2D eigenvalue weighted by atomic mass is 10.1. The quantitative estimate of drug-likeness (QED) is 0.800. The monoisotopic (exact) mass is 303 g/mol. The minimum atomic E-state index is -1.15. The first kappa shape index (κ1) is 14.0. The summed E-state index contributed by atoms with van der Waals surface area (Å²) in [6.45, 7) is 6.64. The van der Waals surface area contributed by atoms with Crippen LogP contribution in [0.3, 0.4) is 0 Å². The molecule has 1 unspecified atom stereocenters. The molecule has 0 spiro atoms. The Hall–Kier alpha value is -1.95. The number of rotatable bonds is 2. The summed E-state index contributed by atoms with van der Waals surface area (Å²) in [7, 11) is -1.15. The van der Waals surface area contributed by atoms with Crippen LogP contribution in [0.5, 0.6) is 0 Å². The van der Waals surface area contributed by atoms with Crippen LogP contribution in [0.2, 0.25) is 0 Å². The number of hydrogen-bond donors (Lipinski definition) is 0. The van der Waals surface area contributed by atoms with Gasteiger partial charge in [-0.3, -0.25) is 0 Å². The van der Waals surface area contributed by atoms with E-state index in [2.05, 4.69) is 10.2 Å². The van der Waals surface area contributed by atoms with Gasteiger partial charge in [0.1, 0.15) is 11.0 Å². The fourth-order valence-electron chi connectivity index (χ4n) is 2.09. The van der Waals surface area contributed by atoms with Gasteiger partial charge in [-0.1, -0.05) is 33.9 Å². The van der Waals surface area contributed by atoms with Gasteiger partial charge >= 0.3 is 6.01 Å². The van der Waals surface area contributed by atoms with Gasteiger partial charge in [0, 0.05) is 5.56 Å². The summed E-state index contributed by atoms with van der Waals surface area (Å²) in [6.07, 6.45) is 0. The van der Waals surface area contributed by atoms with Gasteiger partial charge in [-0.25, -0.2) is 8.51 Å². The van der Waals surface area contributed by atoms with Crippen molar-refractivity contribution in [3.8, 4) is 11.5 Å². The van der Waals surface area contributed by atoms with E-state index in [-0.39, 0.29) is 0 Å². The fraction of sp³-hybridized carbons (Fsp3) is 0.333. The fourth-order valence-corrected chi connectivity index (χ4v) is 3.45. The predicted molar refractivity (Wildman–Crippen MR) is 83.2 cm³/mol. The van der Waals surface area contributed by atoms with Crippen LogP contribution in [0.25, 0.3) is 11.5 Å². The SMILES string of the molecule is CC1=C(C)CS(=O)N(c2nnc(-c3ccc(C)cc3)o2)C1. The first-order chi connectivity index (χ1) is 10.0. The largest absolute Gasteiger partial charge is 0.403 e. The second-order valence-electron chi connectivity index (χ2n) is 5.32. The van der Waals surface area contributed by atoms with Crippen molar-refractivity contribution in [1.82, 2.24) is 10.2 Å². The van der Waals surface area contributed by atoms with E-state index in [1.54, 1.807) is 4.31 Å². The first-order valence-electron chi connectivity index (χ1n) is 6.76. The van der Waals surface area contributed by atoms with Crippen LogP contribution in [0.4, 0.5) is 6.01 Å². The van der Waals surface area contributed by atoms with Gasteiger partial charge in [0.05, 0.1) is 12.3 Å². The molecule has 1 atom stereocenters. The lowest BCUT2D eigenvalue weighted by Crippen LogP contribution is -2.34. The Bertz CT molecular complexity index is 719. The normalized spacial score (nSPS) is 19.2. The topological polar surface area (TPSA) is 59.2 Å². The molecule has 0 saturated heterocycles. The molecule has 1 aromatic carbocycles. The molecule has 0 amide bonds. The van der Waals surface area contributed by atoms with E-state index in [0.29, 0.717) is 24.2 Å². The molecule has 1 aliphatic heterocycles. The van der Waals surface area contributed by atoms with Gasteiger partial charge in [-0.2, -0.15) is 0 Å². The van der Waals surface area contributed by atoms with E-state index in [0.717, 1.165) is 5.56 Å². The zero-order valence-corrected chi connectivity index (χ0v) is 13.1. The molecule has 6 heteroatoms. The highest BCUT2D eigenvalue weighted by molar-refractivity contribution is 7.86. The van der Waals surface area contributed by atoms with E-state index in [4.69, 9.17) is 4.42 Å². The van der Waals surface area contributed by atoms with Crippen LogP contribution in [0.15, 0.2) is 39.8 Å². The Morgan fingerprint density at radius 1 is 1.10 bits per heavy atom. The molecule has 0 radical (unpaired) electrons. The molecule has 0 fully saturated rings. The highest BCUT2D eigenvalue weighted by Gasteiger charge is 2.25. The molecule has 21 heavy (non-hydrogen) atoms.